The number of carbonyl (C=O) groups is 2. The molecule has 114 valence electrons. The molecule has 1 amide bonds. The molecule has 0 spiro atoms. The van der Waals surface area contributed by atoms with Gasteiger partial charge in [-0.3, -0.25) is 0 Å². The van der Waals surface area contributed by atoms with Crippen LogP contribution in [0.3, 0.4) is 0 Å². The van der Waals surface area contributed by atoms with E-state index < -0.39 is 11.6 Å². The van der Waals surface area contributed by atoms with E-state index in [-0.39, 0.29) is 12.1 Å². The second kappa shape index (κ2) is 5.39. The van der Waals surface area contributed by atoms with Crippen LogP contribution in [0.4, 0.5) is 4.79 Å². The summed E-state index contributed by atoms with van der Waals surface area (Å²) < 4.78 is 5.41. The highest BCUT2D eigenvalue weighted by Crippen LogP contribution is 2.32. The lowest BCUT2D eigenvalue weighted by Crippen LogP contribution is -2.42. The van der Waals surface area contributed by atoms with Crippen molar-refractivity contribution >= 4 is 12.1 Å². The maximum atomic E-state index is 12.2. The molecule has 0 fully saturated rings. The normalized spacial score (nSPS) is 18.1. The Morgan fingerprint density at radius 1 is 1.33 bits per heavy atom. The number of benzene rings is 1. The van der Waals surface area contributed by atoms with E-state index in [1.807, 2.05) is 33.8 Å². The Balaban J connectivity index is 2.29. The van der Waals surface area contributed by atoms with E-state index in [1.54, 1.807) is 17.0 Å². The van der Waals surface area contributed by atoms with E-state index in [2.05, 4.69) is 0 Å². The fourth-order valence-corrected chi connectivity index (χ4v) is 2.64. The number of fused-ring (bicyclic) bond motifs is 1. The van der Waals surface area contributed by atoms with Crippen molar-refractivity contribution in [3.63, 3.8) is 0 Å². The second-order valence-corrected chi connectivity index (χ2v) is 6.28. The number of carboxylic acids is 1. The van der Waals surface area contributed by atoms with Gasteiger partial charge in [0, 0.05) is 6.54 Å². The molecule has 1 aromatic carbocycles. The van der Waals surface area contributed by atoms with Crippen LogP contribution in [0.5, 0.6) is 0 Å². The fraction of sp³-hybridized carbons (Fsp3) is 0.500. The highest BCUT2D eigenvalue weighted by Gasteiger charge is 2.32. The average Bonchev–Trinajstić information content (AvgIpc) is 2.36. The van der Waals surface area contributed by atoms with Crippen LogP contribution < -0.4 is 0 Å². The molecule has 1 N–H and O–H groups in total. The summed E-state index contributed by atoms with van der Waals surface area (Å²) in [6.07, 6.45) is 0.169. The minimum absolute atomic E-state index is 0.192. The first-order valence-corrected chi connectivity index (χ1v) is 7.05. The summed E-state index contributed by atoms with van der Waals surface area (Å²) in [4.78, 5) is 25.2. The molecular weight excluding hydrogens is 270 g/mol. The van der Waals surface area contributed by atoms with Gasteiger partial charge in [0.15, 0.2) is 0 Å². The predicted octanol–water partition coefficient (Wildman–Crippen LogP) is 3.24. The van der Waals surface area contributed by atoms with Crippen LogP contribution in [-0.4, -0.2) is 34.2 Å². The van der Waals surface area contributed by atoms with Crippen molar-refractivity contribution in [1.29, 1.82) is 0 Å². The Labute approximate surface area is 124 Å². The van der Waals surface area contributed by atoms with Gasteiger partial charge in [0.25, 0.3) is 0 Å². The van der Waals surface area contributed by atoms with E-state index in [0.717, 1.165) is 11.1 Å². The summed E-state index contributed by atoms with van der Waals surface area (Å²) in [6.45, 7) is 7.85. The molecule has 1 aliphatic heterocycles. The minimum atomic E-state index is -0.926. The Morgan fingerprint density at radius 2 is 2.00 bits per heavy atom. The third-order valence-corrected chi connectivity index (χ3v) is 3.59. The smallest absolute Gasteiger partial charge is 0.410 e. The average molecular weight is 291 g/mol. The zero-order valence-electron chi connectivity index (χ0n) is 12.8. The number of hydrogen-bond donors (Lipinski definition) is 1. The first-order chi connectivity index (χ1) is 9.70. The monoisotopic (exact) mass is 291 g/mol. The molecule has 0 bridgehead atoms. The van der Waals surface area contributed by atoms with Crippen LogP contribution in [0.1, 0.15) is 55.2 Å². The van der Waals surface area contributed by atoms with Crippen molar-refractivity contribution in [3.8, 4) is 0 Å². The van der Waals surface area contributed by atoms with Crippen LogP contribution in [0.25, 0.3) is 0 Å². The van der Waals surface area contributed by atoms with Crippen LogP contribution in [-0.2, 0) is 11.2 Å². The molecule has 0 aliphatic carbocycles. The highest BCUT2D eigenvalue weighted by molar-refractivity contribution is 5.90. The number of carboxylic acid groups (broad SMARTS) is 1. The summed E-state index contributed by atoms with van der Waals surface area (Å²) in [5, 5.41) is 9.25. The van der Waals surface area contributed by atoms with Gasteiger partial charge in [-0.25, -0.2) is 9.59 Å². The molecule has 21 heavy (non-hydrogen) atoms. The van der Waals surface area contributed by atoms with Crippen LogP contribution in [0.2, 0.25) is 0 Å². The van der Waals surface area contributed by atoms with Crippen molar-refractivity contribution in [2.24, 2.45) is 0 Å². The number of hydrogen-bond acceptors (Lipinski definition) is 3. The second-order valence-electron chi connectivity index (χ2n) is 6.28. The SMILES string of the molecule is CC1c2cccc(C(=O)O)c2CCN1C(=O)OC(C)(C)C. The molecule has 1 heterocycles. The van der Waals surface area contributed by atoms with Gasteiger partial charge in [0.2, 0.25) is 0 Å². The largest absolute Gasteiger partial charge is 0.478 e. The maximum absolute atomic E-state index is 12.2. The highest BCUT2D eigenvalue weighted by atomic mass is 16.6. The number of amides is 1. The lowest BCUT2D eigenvalue weighted by Gasteiger charge is -2.36. The lowest BCUT2D eigenvalue weighted by atomic mass is 9.90. The molecule has 1 aromatic rings. The van der Waals surface area contributed by atoms with Crippen molar-refractivity contribution in [3.05, 3.63) is 34.9 Å². The molecule has 0 saturated carbocycles. The molecule has 5 heteroatoms. The summed E-state index contributed by atoms with van der Waals surface area (Å²) >= 11 is 0. The standard InChI is InChI=1S/C16H21NO4/c1-10-11-6-5-7-13(14(18)19)12(11)8-9-17(10)15(20)21-16(2,3)4/h5-7,10H,8-9H2,1-4H3,(H,18,19). The van der Waals surface area contributed by atoms with Crippen molar-refractivity contribution in [2.75, 3.05) is 6.54 Å². The van der Waals surface area contributed by atoms with Crippen LogP contribution in [0.15, 0.2) is 18.2 Å². The van der Waals surface area contributed by atoms with E-state index in [9.17, 15) is 14.7 Å². The van der Waals surface area contributed by atoms with Gasteiger partial charge in [0.05, 0.1) is 11.6 Å². The number of carbonyl (C=O) groups excluding carboxylic acids is 1. The summed E-state index contributed by atoms with van der Waals surface area (Å²) in [5.41, 5.74) is 1.48. The molecule has 2 rings (SSSR count). The number of aromatic carboxylic acids is 1. The molecule has 0 aromatic heterocycles. The van der Waals surface area contributed by atoms with E-state index in [0.29, 0.717) is 18.5 Å². The maximum Gasteiger partial charge on any atom is 0.410 e. The van der Waals surface area contributed by atoms with E-state index in [4.69, 9.17) is 4.74 Å². The molecule has 1 unspecified atom stereocenters. The molecule has 1 atom stereocenters. The Morgan fingerprint density at radius 3 is 2.57 bits per heavy atom. The quantitative estimate of drug-likeness (QED) is 0.862. The number of ether oxygens (including phenoxy) is 1. The molecule has 0 saturated heterocycles. The topological polar surface area (TPSA) is 66.8 Å². The third-order valence-electron chi connectivity index (χ3n) is 3.59. The zero-order chi connectivity index (χ0) is 15.8. The van der Waals surface area contributed by atoms with E-state index in [1.165, 1.54) is 0 Å². The molecular formula is C16H21NO4. The summed E-state index contributed by atoms with van der Waals surface area (Å²) in [6, 6.07) is 5.01. The molecule has 5 nitrogen and oxygen atoms in total. The van der Waals surface area contributed by atoms with Crippen LogP contribution >= 0.6 is 0 Å². The minimum Gasteiger partial charge on any atom is -0.478 e. The summed E-state index contributed by atoms with van der Waals surface area (Å²) in [7, 11) is 0. The fourth-order valence-electron chi connectivity index (χ4n) is 2.64. The molecule has 1 aliphatic rings. The third kappa shape index (κ3) is 3.17. The van der Waals surface area contributed by atoms with E-state index >= 15 is 0 Å². The Kier molecular flexibility index (Phi) is 3.94. The first-order valence-electron chi connectivity index (χ1n) is 7.05. The van der Waals surface area contributed by atoms with Gasteiger partial charge in [0.1, 0.15) is 5.60 Å². The lowest BCUT2D eigenvalue weighted by molar-refractivity contribution is 0.0159. The van der Waals surface area contributed by atoms with Gasteiger partial charge in [-0.05, 0) is 51.3 Å². The summed E-state index contributed by atoms with van der Waals surface area (Å²) in [5.74, 6) is -0.926. The van der Waals surface area contributed by atoms with Gasteiger partial charge in [-0.15, -0.1) is 0 Å². The van der Waals surface area contributed by atoms with Crippen molar-refractivity contribution in [1.82, 2.24) is 4.90 Å². The van der Waals surface area contributed by atoms with Gasteiger partial charge < -0.3 is 14.7 Å². The van der Waals surface area contributed by atoms with Crippen LogP contribution in [0, 0.1) is 0 Å². The van der Waals surface area contributed by atoms with Gasteiger partial charge >= 0.3 is 12.1 Å². The number of nitrogens with zero attached hydrogens (tertiary/aromatic N) is 1. The Hall–Kier alpha value is -2.04. The predicted molar refractivity (Wildman–Crippen MR) is 78.5 cm³/mol. The van der Waals surface area contributed by atoms with Crippen molar-refractivity contribution in [2.45, 2.75) is 45.8 Å². The first kappa shape index (κ1) is 15.4. The number of rotatable bonds is 1. The Bertz CT molecular complexity index is 574. The molecule has 0 radical (unpaired) electrons. The van der Waals surface area contributed by atoms with Gasteiger partial charge in [-0.1, -0.05) is 12.1 Å². The van der Waals surface area contributed by atoms with Crippen molar-refractivity contribution < 1.29 is 19.4 Å². The zero-order valence-corrected chi connectivity index (χ0v) is 12.8. The van der Waals surface area contributed by atoms with Gasteiger partial charge in [-0.2, -0.15) is 0 Å².